The first-order valence-corrected chi connectivity index (χ1v) is 6.84. The lowest BCUT2D eigenvalue weighted by Crippen LogP contribution is -2.47. The lowest BCUT2D eigenvalue weighted by atomic mass is 10.0. The van der Waals surface area contributed by atoms with E-state index in [0.717, 1.165) is 31.4 Å². The Morgan fingerprint density at radius 2 is 2.11 bits per heavy atom. The molecule has 2 N–H and O–H groups in total. The molecule has 0 radical (unpaired) electrons. The summed E-state index contributed by atoms with van der Waals surface area (Å²) in [6.07, 6.45) is 3.22. The van der Waals surface area contributed by atoms with Crippen molar-refractivity contribution in [1.82, 2.24) is 10.6 Å². The van der Waals surface area contributed by atoms with E-state index in [2.05, 4.69) is 10.6 Å². The van der Waals surface area contributed by atoms with E-state index in [1.807, 2.05) is 31.2 Å². The number of hydrogen-bond acceptors (Lipinski definition) is 2. The largest absolute Gasteiger partial charge is 0.348 e. The summed E-state index contributed by atoms with van der Waals surface area (Å²) >= 11 is 5.85. The van der Waals surface area contributed by atoms with Crippen LogP contribution in [0.25, 0.3) is 0 Å². The van der Waals surface area contributed by atoms with Gasteiger partial charge in [-0.2, -0.15) is 0 Å². The van der Waals surface area contributed by atoms with Crippen molar-refractivity contribution in [2.45, 2.75) is 38.3 Å². The van der Waals surface area contributed by atoms with Gasteiger partial charge in [-0.25, -0.2) is 0 Å². The minimum Gasteiger partial charge on any atom is -0.348 e. The molecule has 4 heteroatoms. The monoisotopic (exact) mass is 266 g/mol. The van der Waals surface area contributed by atoms with E-state index in [9.17, 15) is 4.79 Å². The molecule has 1 aromatic carbocycles. The van der Waals surface area contributed by atoms with Crippen LogP contribution >= 0.6 is 11.6 Å². The van der Waals surface area contributed by atoms with E-state index in [-0.39, 0.29) is 18.0 Å². The number of piperidine rings is 1. The predicted octanol–water partition coefficient (Wildman–Crippen LogP) is 2.66. The number of carbonyl (C=O) groups excluding carboxylic acids is 1. The van der Waals surface area contributed by atoms with Gasteiger partial charge < -0.3 is 10.6 Å². The van der Waals surface area contributed by atoms with Crippen LogP contribution in [0.1, 0.15) is 37.8 Å². The fourth-order valence-electron chi connectivity index (χ4n) is 2.22. The van der Waals surface area contributed by atoms with Crippen molar-refractivity contribution in [2.75, 3.05) is 6.54 Å². The van der Waals surface area contributed by atoms with Crippen LogP contribution in [-0.2, 0) is 4.79 Å². The van der Waals surface area contributed by atoms with E-state index in [1.54, 1.807) is 0 Å². The Balaban J connectivity index is 1.91. The molecule has 1 saturated heterocycles. The molecule has 18 heavy (non-hydrogen) atoms. The van der Waals surface area contributed by atoms with Crippen molar-refractivity contribution in [3.8, 4) is 0 Å². The van der Waals surface area contributed by atoms with Crippen LogP contribution in [0.4, 0.5) is 0 Å². The average Bonchev–Trinajstić information content (AvgIpc) is 2.40. The Bertz CT molecular complexity index is 399. The standard InChI is InChI=1S/C14H19ClN2O/c1-10(11-5-7-12(15)8-6-11)17-14(18)13-4-2-3-9-16-13/h5-8,10,13,16H,2-4,9H2,1H3,(H,17,18)/t10-,13?/m0/s1. The van der Waals surface area contributed by atoms with Gasteiger partial charge in [0, 0.05) is 5.02 Å². The van der Waals surface area contributed by atoms with Crippen LogP contribution < -0.4 is 10.6 Å². The van der Waals surface area contributed by atoms with Gasteiger partial charge in [-0.05, 0) is 44.0 Å². The lowest BCUT2D eigenvalue weighted by Gasteiger charge is -2.24. The van der Waals surface area contributed by atoms with Gasteiger partial charge in [-0.3, -0.25) is 4.79 Å². The summed E-state index contributed by atoms with van der Waals surface area (Å²) in [5.41, 5.74) is 1.07. The molecule has 1 heterocycles. The molecule has 1 fully saturated rings. The molecule has 2 atom stereocenters. The zero-order valence-corrected chi connectivity index (χ0v) is 11.3. The summed E-state index contributed by atoms with van der Waals surface area (Å²) in [5.74, 6) is 0.0946. The summed E-state index contributed by atoms with van der Waals surface area (Å²) in [6, 6.07) is 7.56. The molecule has 1 aliphatic heterocycles. The van der Waals surface area contributed by atoms with Gasteiger partial charge in [0.15, 0.2) is 0 Å². The normalized spacial score (nSPS) is 21.3. The highest BCUT2D eigenvalue weighted by Crippen LogP contribution is 2.16. The van der Waals surface area contributed by atoms with Crippen molar-refractivity contribution in [3.05, 3.63) is 34.9 Å². The quantitative estimate of drug-likeness (QED) is 0.883. The smallest absolute Gasteiger partial charge is 0.237 e. The lowest BCUT2D eigenvalue weighted by molar-refractivity contribution is -0.124. The van der Waals surface area contributed by atoms with E-state index in [4.69, 9.17) is 11.6 Å². The number of hydrogen-bond donors (Lipinski definition) is 2. The number of nitrogens with one attached hydrogen (secondary N) is 2. The maximum absolute atomic E-state index is 12.0. The van der Waals surface area contributed by atoms with Gasteiger partial charge >= 0.3 is 0 Å². The van der Waals surface area contributed by atoms with Gasteiger partial charge in [0.2, 0.25) is 5.91 Å². The maximum atomic E-state index is 12.0. The Hall–Kier alpha value is -1.06. The molecule has 1 unspecified atom stereocenters. The molecule has 0 bridgehead atoms. The maximum Gasteiger partial charge on any atom is 0.237 e. The first-order valence-electron chi connectivity index (χ1n) is 6.46. The fourth-order valence-corrected chi connectivity index (χ4v) is 2.35. The van der Waals surface area contributed by atoms with Gasteiger partial charge in [-0.1, -0.05) is 30.2 Å². The molecular weight excluding hydrogens is 248 g/mol. The van der Waals surface area contributed by atoms with Crippen LogP contribution in [0.5, 0.6) is 0 Å². The SMILES string of the molecule is C[C@H](NC(=O)C1CCCCN1)c1ccc(Cl)cc1. The van der Waals surface area contributed by atoms with E-state index in [0.29, 0.717) is 5.02 Å². The fraction of sp³-hybridized carbons (Fsp3) is 0.500. The number of amides is 1. The second-order valence-electron chi connectivity index (χ2n) is 4.78. The van der Waals surface area contributed by atoms with Gasteiger partial charge in [0.1, 0.15) is 0 Å². The van der Waals surface area contributed by atoms with Crippen LogP contribution in [0.15, 0.2) is 24.3 Å². The molecule has 1 aromatic rings. The van der Waals surface area contributed by atoms with E-state index < -0.39 is 0 Å². The first kappa shape index (κ1) is 13.4. The van der Waals surface area contributed by atoms with Crippen molar-refractivity contribution in [1.29, 1.82) is 0 Å². The molecule has 0 saturated carbocycles. The van der Waals surface area contributed by atoms with Crippen molar-refractivity contribution < 1.29 is 4.79 Å². The Morgan fingerprint density at radius 1 is 1.39 bits per heavy atom. The molecule has 1 amide bonds. The second kappa shape index (κ2) is 6.21. The van der Waals surface area contributed by atoms with Gasteiger partial charge in [-0.15, -0.1) is 0 Å². The third-order valence-electron chi connectivity index (χ3n) is 3.36. The van der Waals surface area contributed by atoms with E-state index >= 15 is 0 Å². The zero-order chi connectivity index (χ0) is 13.0. The van der Waals surface area contributed by atoms with Crippen LogP contribution in [0.3, 0.4) is 0 Å². The third-order valence-corrected chi connectivity index (χ3v) is 3.61. The minimum atomic E-state index is -0.0338. The highest BCUT2D eigenvalue weighted by molar-refractivity contribution is 6.30. The summed E-state index contributed by atoms with van der Waals surface area (Å²) in [7, 11) is 0. The number of carbonyl (C=O) groups is 1. The minimum absolute atomic E-state index is 0.0125. The number of halogens is 1. The zero-order valence-electron chi connectivity index (χ0n) is 10.6. The highest BCUT2D eigenvalue weighted by Gasteiger charge is 2.21. The van der Waals surface area contributed by atoms with Crippen molar-refractivity contribution in [3.63, 3.8) is 0 Å². The Kier molecular flexibility index (Phi) is 4.61. The second-order valence-corrected chi connectivity index (χ2v) is 5.22. The summed E-state index contributed by atoms with van der Waals surface area (Å²) in [5, 5.41) is 7.01. The van der Waals surface area contributed by atoms with Crippen molar-refractivity contribution >= 4 is 17.5 Å². The van der Waals surface area contributed by atoms with Crippen LogP contribution in [-0.4, -0.2) is 18.5 Å². The molecule has 0 aliphatic carbocycles. The molecule has 1 aliphatic rings. The van der Waals surface area contributed by atoms with Crippen LogP contribution in [0, 0.1) is 0 Å². The van der Waals surface area contributed by atoms with Gasteiger partial charge in [0.25, 0.3) is 0 Å². The third kappa shape index (κ3) is 3.47. The molecule has 98 valence electrons. The number of rotatable bonds is 3. The molecule has 0 aromatic heterocycles. The summed E-state index contributed by atoms with van der Waals surface area (Å²) in [6.45, 7) is 2.93. The van der Waals surface area contributed by atoms with E-state index in [1.165, 1.54) is 0 Å². The first-order chi connectivity index (χ1) is 8.66. The molecular formula is C14H19ClN2O. The van der Waals surface area contributed by atoms with Crippen molar-refractivity contribution in [2.24, 2.45) is 0 Å². The van der Waals surface area contributed by atoms with Crippen LogP contribution in [0.2, 0.25) is 5.02 Å². The predicted molar refractivity (Wildman–Crippen MR) is 73.7 cm³/mol. The summed E-state index contributed by atoms with van der Waals surface area (Å²) in [4.78, 5) is 12.0. The molecule has 3 nitrogen and oxygen atoms in total. The topological polar surface area (TPSA) is 41.1 Å². The Labute approximate surface area is 113 Å². The summed E-state index contributed by atoms with van der Waals surface area (Å²) < 4.78 is 0. The highest BCUT2D eigenvalue weighted by atomic mass is 35.5. The molecule has 0 spiro atoms. The number of benzene rings is 1. The average molecular weight is 267 g/mol. The molecule has 2 rings (SSSR count). The van der Waals surface area contributed by atoms with Gasteiger partial charge in [0.05, 0.1) is 12.1 Å². The Morgan fingerprint density at radius 3 is 2.72 bits per heavy atom.